The van der Waals surface area contributed by atoms with Crippen LogP contribution in [0.2, 0.25) is 0 Å². The maximum absolute atomic E-state index is 12.4. The van der Waals surface area contributed by atoms with Gasteiger partial charge >= 0.3 is 5.97 Å². The molecule has 8 heteroatoms. The third-order valence-corrected chi connectivity index (χ3v) is 5.76. The Labute approximate surface area is 148 Å². The van der Waals surface area contributed by atoms with Crippen molar-refractivity contribution in [3.05, 3.63) is 29.3 Å². The number of aliphatic carboxylic acids is 1. The Morgan fingerprint density at radius 1 is 1.36 bits per heavy atom. The highest BCUT2D eigenvalue weighted by molar-refractivity contribution is 7.92. The first kappa shape index (κ1) is 19.2. The van der Waals surface area contributed by atoms with Crippen LogP contribution in [0.25, 0.3) is 0 Å². The van der Waals surface area contributed by atoms with Gasteiger partial charge in [-0.25, -0.2) is 13.2 Å². The molecule has 1 aliphatic heterocycles. The van der Waals surface area contributed by atoms with Gasteiger partial charge in [0.25, 0.3) is 5.91 Å². The number of nitrogens with one attached hydrogen (secondary N) is 1. The molecule has 0 bridgehead atoms. The molecule has 25 heavy (non-hydrogen) atoms. The number of benzene rings is 1. The zero-order chi connectivity index (χ0) is 18.8. The number of nitrogens with zero attached hydrogens (tertiary/aromatic N) is 1. The molecule has 1 aliphatic rings. The molecule has 1 heterocycles. The molecule has 1 aromatic rings. The number of carbonyl (C=O) groups is 2. The van der Waals surface area contributed by atoms with Gasteiger partial charge in [0.2, 0.25) is 10.0 Å². The van der Waals surface area contributed by atoms with Gasteiger partial charge in [0, 0.05) is 12.1 Å². The van der Waals surface area contributed by atoms with Gasteiger partial charge in [0.15, 0.2) is 0 Å². The minimum atomic E-state index is -3.36. The lowest BCUT2D eigenvalue weighted by Gasteiger charge is -2.29. The molecule has 1 aromatic carbocycles. The Kier molecular flexibility index (Phi) is 5.72. The molecular formula is C17H24N2O5S. The van der Waals surface area contributed by atoms with Crippen LogP contribution in [0.4, 0.5) is 5.69 Å². The van der Waals surface area contributed by atoms with Crippen LogP contribution in [-0.2, 0) is 21.2 Å². The first-order valence-corrected chi connectivity index (χ1v) is 10.1. The molecular weight excluding hydrogens is 344 g/mol. The molecule has 0 radical (unpaired) electrons. The van der Waals surface area contributed by atoms with Crippen molar-refractivity contribution >= 4 is 27.6 Å². The van der Waals surface area contributed by atoms with Crippen LogP contribution in [0.15, 0.2) is 18.2 Å². The van der Waals surface area contributed by atoms with Crippen molar-refractivity contribution in [2.75, 3.05) is 17.1 Å². The minimum Gasteiger partial charge on any atom is -0.480 e. The van der Waals surface area contributed by atoms with E-state index in [0.29, 0.717) is 37.1 Å². The van der Waals surface area contributed by atoms with E-state index in [-0.39, 0.29) is 5.92 Å². The number of hydrogen-bond acceptors (Lipinski definition) is 4. The smallest absolute Gasteiger partial charge is 0.326 e. The zero-order valence-electron chi connectivity index (χ0n) is 14.7. The number of fused-ring (bicyclic) bond motifs is 1. The monoisotopic (exact) mass is 368 g/mol. The first-order valence-electron chi connectivity index (χ1n) is 8.29. The molecule has 0 aromatic heterocycles. The zero-order valence-corrected chi connectivity index (χ0v) is 15.5. The second kappa shape index (κ2) is 7.43. The standard InChI is InChI=1S/C17H24N2O5S/c1-4-11(2)15(17(21)22)18-16(20)13-7-8-14-12(10-13)6-5-9-19(14)25(3,23)24/h7-8,10-11,15H,4-6,9H2,1-3H3,(H,18,20)(H,21,22)/t11-,15-/m0/s1. The number of aryl methyl sites for hydroxylation is 1. The number of carboxylic acid groups (broad SMARTS) is 1. The Hall–Kier alpha value is -2.09. The van der Waals surface area contributed by atoms with Gasteiger partial charge in [-0.1, -0.05) is 20.3 Å². The number of anilines is 1. The fourth-order valence-corrected chi connectivity index (χ4v) is 3.95. The molecule has 138 valence electrons. The predicted octanol–water partition coefficient (Wildman–Crippen LogP) is 1.63. The normalized spacial score (nSPS) is 16.7. The van der Waals surface area contributed by atoms with E-state index < -0.39 is 27.9 Å². The molecule has 2 N–H and O–H groups in total. The molecule has 7 nitrogen and oxygen atoms in total. The van der Waals surface area contributed by atoms with Gasteiger partial charge in [0.1, 0.15) is 6.04 Å². The van der Waals surface area contributed by atoms with E-state index in [0.717, 1.165) is 11.8 Å². The average molecular weight is 368 g/mol. The summed E-state index contributed by atoms with van der Waals surface area (Å²) in [6, 6.07) is 3.84. The number of amides is 1. The minimum absolute atomic E-state index is 0.195. The molecule has 2 atom stereocenters. The summed E-state index contributed by atoms with van der Waals surface area (Å²) >= 11 is 0. The summed E-state index contributed by atoms with van der Waals surface area (Å²) in [6.07, 6.45) is 3.14. The van der Waals surface area contributed by atoms with Crippen LogP contribution in [0, 0.1) is 5.92 Å². The summed E-state index contributed by atoms with van der Waals surface area (Å²) in [6.45, 7) is 4.06. The van der Waals surface area contributed by atoms with Crippen LogP contribution in [-0.4, -0.2) is 44.2 Å². The van der Waals surface area contributed by atoms with Gasteiger partial charge in [-0.05, 0) is 42.5 Å². The van der Waals surface area contributed by atoms with Crippen molar-refractivity contribution in [1.82, 2.24) is 5.32 Å². The van der Waals surface area contributed by atoms with E-state index in [9.17, 15) is 23.1 Å². The summed E-state index contributed by atoms with van der Waals surface area (Å²) in [4.78, 5) is 23.8. The van der Waals surface area contributed by atoms with Crippen molar-refractivity contribution in [2.45, 2.75) is 39.2 Å². The quantitative estimate of drug-likeness (QED) is 0.794. The number of carboxylic acids is 1. The van der Waals surface area contributed by atoms with Gasteiger partial charge < -0.3 is 10.4 Å². The highest BCUT2D eigenvalue weighted by Crippen LogP contribution is 2.30. The molecule has 0 unspecified atom stereocenters. The predicted molar refractivity (Wildman–Crippen MR) is 95.3 cm³/mol. The summed E-state index contributed by atoms with van der Waals surface area (Å²) in [5, 5.41) is 11.9. The van der Waals surface area contributed by atoms with Crippen LogP contribution in [0.1, 0.15) is 42.6 Å². The van der Waals surface area contributed by atoms with E-state index >= 15 is 0 Å². The molecule has 1 amide bonds. The second-order valence-electron chi connectivity index (χ2n) is 6.46. The van der Waals surface area contributed by atoms with Crippen LogP contribution >= 0.6 is 0 Å². The highest BCUT2D eigenvalue weighted by atomic mass is 32.2. The van der Waals surface area contributed by atoms with Crippen molar-refractivity contribution in [1.29, 1.82) is 0 Å². The number of sulfonamides is 1. The Balaban J connectivity index is 2.27. The largest absolute Gasteiger partial charge is 0.480 e. The molecule has 0 saturated heterocycles. The van der Waals surface area contributed by atoms with Crippen LogP contribution in [0.5, 0.6) is 0 Å². The summed E-state index contributed by atoms with van der Waals surface area (Å²) in [7, 11) is -3.36. The fourth-order valence-electron chi connectivity index (χ4n) is 2.96. The van der Waals surface area contributed by atoms with Gasteiger partial charge in [-0.2, -0.15) is 0 Å². The van der Waals surface area contributed by atoms with E-state index in [1.165, 1.54) is 10.4 Å². The lowest BCUT2D eigenvalue weighted by Crippen LogP contribution is -2.45. The Morgan fingerprint density at radius 3 is 2.60 bits per heavy atom. The van der Waals surface area contributed by atoms with E-state index in [4.69, 9.17) is 0 Å². The van der Waals surface area contributed by atoms with Crippen LogP contribution in [0.3, 0.4) is 0 Å². The Bertz CT molecular complexity index is 775. The number of rotatable bonds is 6. The van der Waals surface area contributed by atoms with Crippen molar-refractivity contribution in [3.63, 3.8) is 0 Å². The summed E-state index contributed by atoms with van der Waals surface area (Å²) in [5.74, 6) is -1.73. The number of hydrogen-bond donors (Lipinski definition) is 2. The first-order chi connectivity index (χ1) is 11.6. The van der Waals surface area contributed by atoms with Crippen molar-refractivity contribution < 1.29 is 23.1 Å². The summed E-state index contributed by atoms with van der Waals surface area (Å²) in [5.41, 5.74) is 1.70. The lowest BCUT2D eigenvalue weighted by atomic mass is 9.97. The average Bonchev–Trinajstić information content (AvgIpc) is 2.56. The lowest BCUT2D eigenvalue weighted by molar-refractivity contribution is -0.140. The Morgan fingerprint density at radius 2 is 2.04 bits per heavy atom. The van der Waals surface area contributed by atoms with E-state index in [1.807, 2.05) is 6.92 Å². The maximum atomic E-state index is 12.4. The molecule has 0 spiro atoms. The second-order valence-corrected chi connectivity index (χ2v) is 8.36. The van der Waals surface area contributed by atoms with Crippen molar-refractivity contribution in [3.8, 4) is 0 Å². The molecule has 0 saturated carbocycles. The topological polar surface area (TPSA) is 104 Å². The van der Waals surface area contributed by atoms with Crippen molar-refractivity contribution in [2.24, 2.45) is 5.92 Å². The van der Waals surface area contributed by atoms with Gasteiger partial charge in [-0.3, -0.25) is 9.10 Å². The van der Waals surface area contributed by atoms with E-state index in [2.05, 4.69) is 5.32 Å². The van der Waals surface area contributed by atoms with Crippen LogP contribution < -0.4 is 9.62 Å². The highest BCUT2D eigenvalue weighted by Gasteiger charge is 2.28. The molecule has 0 aliphatic carbocycles. The fraction of sp³-hybridized carbons (Fsp3) is 0.529. The van der Waals surface area contributed by atoms with Gasteiger partial charge in [-0.15, -0.1) is 0 Å². The van der Waals surface area contributed by atoms with Gasteiger partial charge in [0.05, 0.1) is 11.9 Å². The summed E-state index contributed by atoms with van der Waals surface area (Å²) < 4.78 is 25.1. The molecule has 0 fully saturated rings. The maximum Gasteiger partial charge on any atom is 0.326 e. The third kappa shape index (κ3) is 4.31. The number of carbonyl (C=O) groups excluding carboxylic acids is 1. The molecule has 2 rings (SSSR count). The third-order valence-electron chi connectivity index (χ3n) is 4.58. The van der Waals surface area contributed by atoms with E-state index in [1.54, 1.807) is 19.1 Å². The SMILES string of the molecule is CC[C@H](C)[C@H](NC(=O)c1ccc2c(c1)CCCN2S(C)(=O)=O)C(=O)O.